The van der Waals surface area contributed by atoms with Gasteiger partial charge in [0.15, 0.2) is 0 Å². The molecule has 3 aliphatic rings. The molecule has 2 saturated heterocycles. The number of fused-ring (bicyclic) bond motifs is 3. The number of nitrogens with zero attached hydrogens (tertiary/aromatic N) is 4. The Labute approximate surface area is 129 Å². The lowest BCUT2D eigenvalue weighted by Crippen LogP contribution is -2.44. The molecule has 3 aliphatic heterocycles. The van der Waals surface area contributed by atoms with Crippen molar-refractivity contribution in [3.63, 3.8) is 0 Å². The third-order valence-electron chi connectivity index (χ3n) is 4.58. The van der Waals surface area contributed by atoms with Crippen molar-refractivity contribution in [2.45, 2.75) is 38.0 Å². The zero-order chi connectivity index (χ0) is 15.3. The van der Waals surface area contributed by atoms with Crippen molar-refractivity contribution in [1.82, 2.24) is 14.3 Å². The van der Waals surface area contributed by atoms with Gasteiger partial charge in [0.25, 0.3) is 10.2 Å². The molecule has 0 amide bonds. The number of hydrogen-bond acceptors (Lipinski definition) is 6. The molecule has 0 radical (unpaired) electrons. The number of morpholine rings is 1. The highest BCUT2D eigenvalue weighted by atomic mass is 32.2. The van der Waals surface area contributed by atoms with Crippen molar-refractivity contribution < 1.29 is 13.2 Å². The van der Waals surface area contributed by atoms with E-state index in [1.807, 2.05) is 6.20 Å². The summed E-state index contributed by atoms with van der Waals surface area (Å²) in [5.74, 6) is 0.662. The first-order chi connectivity index (χ1) is 10.5. The summed E-state index contributed by atoms with van der Waals surface area (Å²) in [5, 5.41) is 5.22. The highest BCUT2D eigenvalue weighted by Gasteiger charge is 2.35. The molecule has 2 atom stereocenters. The van der Waals surface area contributed by atoms with Crippen LogP contribution in [0.25, 0.3) is 0 Å². The monoisotopic (exact) mass is 325 g/mol. The summed E-state index contributed by atoms with van der Waals surface area (Å²) in [7, 11) is -3.67. The largest absolute Gasteiger partial charge is 0.371 e. The molecule has 0 aliphatic carbocycles. The minimum atomic E-state index is -3.67. The molecule has 9 heteroatoms. The van der Waals surface area contributed by atoms with Crippen LogP contribution in [0.15, 0.2) is 6.20 Å². The first-order valence-corrected chi connectivity index (χ1v) is 9.02. The average Bonchev–Trinajstić information content (AvgIpc) is 2.83. The fourth-order valence-corrected chi connectivity index (χ4v) is 4.06. The summed E-state index contributed by atoms with van der Waals surface area (Å²) in [6.07, 6.45) is 5.12. The second-order valence-corrected chi connectivity index (χ2v) is 7.68. The Morgan fingerprint density at radius 3 is 2.68 bits per heavy atom. The molecule has 0 aromatic carbocycles. The molecule has 2 N–H and O–H groups in total. The molecule has 0 saturated carbocycles. The number of aromatic nitrogens is 2. The predicted molar refractivity (Wildman–Crippen MR) is 79.4 cm³/mol. The predicted octanol–water partition coefficient (Wildman–Crippen LogP) is -0.594. The van der Waals surface area contributed by atoms with Gasteiger partial charge in [-0.05, 0) is 24.8 Å². The van der Waals surface area contributed by atoms with Gasteiger partial charge in [0.05, 0.1) is 24.4 Å². The molecule has 120 valence electrons. The normalized spacial score (nSPS) is 28.7. The third-order valence-corrected chi connectivity index (χ3v) is 5.62. The number of anilines is 1. The molecule has 1 aromatic heterocycles. The Bertz CT molecular complexity index is 683. The van der Waals surface area contributed by atoms with E-state index < -0.39 is 10.2 Å². The van der Waals surface area contributed by atoms with Crippen molar-refractivity contribution in [1.29, 1.82) is 0 Å². The summed E-state index contributed by atoms with van der Waals surface area (Å²) < 4.78 is 30.1. The Hall–Kier alpha value is -1.29. The van der Waals surface area contributed by atoms with E-state index in [9.17, 15) is 8.42 Å². The molecule has 1 aromatic rings. The highest BCUT2D eigenvalue weighted by molar-refractivity contribution is 7.86. The SMILES string of the molecule is NS(=O)(=O)N1CCc2cnc(N3CC4CCC(C3)O4)nc2C1. The molecule has 22 heavy (non-hydrogen) atoms. The summed E-state index contributed by atoms with van der Waals surface area (Å²) in [4.78, 5) is 11.2. The van der Waals surface area contributed by atoms with Crippen molar-refractivity contribution in [2.75, 3.05) is 24.5 Å². The maximum Gasteiger partial charge on any atom is 0.277 e. The molecular formula is C13H19N5O3S. The minimum absolute atomic E-state index is 0.223. The van der Waals surface area contributed by atoms with Crippen LogP contribution < -0.4 is 10.0 Å². The van der Waals surface area contributed by atoms with Crippen LogP contribution in [0.3, 0.4) is 0 Å². The van der Waals surface area contributed by atoms with Gasteiger partial charge in [0, 0.05) is 25.8 Å². The smallest absolute Gasteiger partial charge is 0.277 e. The molecule has 4 heterocycles. The zero-order valence-corrected chi connectivity index (χ0v) is 13.0. The van der Waals surface area contributed by atoms with Gasteiger partial charge in [-0.2, -0.15) is 12.7 Å². The summed E-state index contributed by atoms with van der Waals surface area (Å²) in [5.41, 5.74) is 1.75. The highest BCUT2D eigenvalue weighted by Crippen LogP contribution is 2.29. The van der Waals surface area contributed by atoms with E-state index in [1.165, 1.54) is 4.31 Å². The van der Waals surface area contributed by atoms with Crippen molar-refractivity contribution >= 4 is 16.2 Å². The third kappa shape index (κ3) is 2.58. The van der Waals surface area contributed by atoms with Crippen LogP contribution in [0, 0.1) is 0 Å². The lowest BCUT2D eigenvalue weighted by atomic mass is 10.1. The van der Waals surface area contributed by atoms with E-state index in [2.05, 4.69) is 14.9 Å². The first kappa shape index (κ1) is 14.3. The minimum Gasteiger partial charge on any atom is -0.371 e. The van der Waals surface area contributed by atoms with Gasteiger partial charge in [-0.1, -0.05) is 0 Å². The lowest BCUT2D eigenvalue weighted by molar-refractivity contribution is 0.0299. The van der Waals surface area contributed by atoms with Crippen molar-refractivity contribution in [3.8, 4) is 0 Å². The Balaban J connectivity index is 1.59. The first-order valence-electron chi connectivity index (χ1n) is 7.52. The topological polar surface area (TPSA) is 102 Å². The number of hydrogen-bond donors (Lipinski definition) is 1. The van der Waals surface area contributed by atoms with Gasteiger partial charge in [0.2, 0.25) is 5.95 Å². The van der Waals surface area contributed by atoms with E-state index >= 15 is 0 Å². The maximum absolute atomic E-state index is 11.5. The number of rotatable bonds is 2. The molecular weight excluding hydrogens is 306 g/mol. The lowest BCUT2D eigenvalue weighted by Gasteiger charge is -2.33. The van der Waals surface area contributed by atoms with Crippen LogP contribution in [-0.4, -0.2) is 54.5 Å². The van der Waals surface area contributed by atoms with Crippen LogP contribution in [-0.2, 0) is 27.9 Å². The van der Waals surface area contributed by atoms with Gasteiger partial charge < -0.3 is 9.64 Å². The van der Waals surface area contributed by atoms with Gasteiger partial charge in [-0.25, -0.2) is 15.1 Å². The van der Waals surface area contributed by atoms with Gasteiger partial charge in [-0.15, -0.1) is 0 Å². The Kier molecular flexibility index (Phi) is 3.33. The molecule has 4 rings (SSSR count). The molecule has 8 nitrogen and oxygen atoms in total. The standard InChI is InChI=1S/C13H19N5O3S/c14-22(19,20)18-4-3-9-5-15-13(16-12(9)8-18)17-6-10-1-2-11(7-17)21-10/h5,10-11H,1-4,6-8H2,(H2,14,19,20). The van der Waals surface area contributed by atoms with Crippen molar-refractivity contribution in [3.05, 3.63) is 17.5 Å². The Morgan fingerprint density at radius 1 is 1.27 bits per heavy atom. The number of nitrogens with two attached hydrogens (primary N) is 1. The van der Waals surface area contributed by atoms with Gasteiger partial charge in [0.1, 0.15) is 0 Å². The quantitative estimate of drug-likeness (QED) is 0.779. The summed E-state index contributed by atoms with van der Waals surface area (Å²) >= 11 is 0. The maximum atomic E-state index is 11.5. The van der Waals surface area contributed by atoms with Crippen LogP contribution in [0.1, 0.15) is 24.1 Å². The summed E-state index contributed by atoms with van der Waals surface area (Å²) in [6.45, 7) is 2.21. The van der Waals surface area contributed by atoms with Crippen molar-refractivity contribution in [2.24, 2.45) is 5.14 Å². The second kappa shape index (κ2) is 5.12. The second-order valence-electron chi connectivity index (χ2n) is 6.13. The average molecular weight is 325 g/mol. The van der Waals surface area contributed by atoms with E-state index in [0.717, 1.165) is 37.2 Å². The van der Waals surface area contributed by atoms with E-state index in [4.69, 9.17) is 9.88 Å². The Morgan fingerprint density at radius 2 is 2.00 bits per heavy atom. The van der Waals surface area contributed by atoms with Crippen LogP contribution in [0.2, 0.25) is 0 Å². The van der Waals surface area contributed by atoms with Gasteiger partial charge in [-0.3, -0.25) is 0 Å². The fraction of sp³-hybridized carbons (Fsp3) is 0.692. The van der Waals surface area contributed by atoms with Gasteiger partial charge >= 0.3 is 0 Å². The number of ether oxygens (including phenoxy) is 1. The van der Waals surface area contributed by atoms with E-state index in [0.29, 0.717) is 18.9 Å². The van der Waals surface area contributed by atoms with Crippen LogP contribution in [0.4, 0.5) is 5.95 Å². The molecule has 2 unspecified atom stereocenters. The van der Waals surface area contributed by atoms with Crippen LogP contribution >= 0.6 is 0 Å². The van der Waals surface area contributed by atoms with E-state index in [1.54, 1.807) is 0 Å². The molecule has 2 fully saturated rings. The zero-order valence-electron chi connectivity index (χ0n) is 12.2. The van der Waals surface area contributed by atoms with E-state index in [-0.39, 0.29) is 18.8 Å². The fourth-order valence-electron chi connectivity index (χ4n) is 3.42. The molecule has 2 bridgehead atoms. The summed E-state index contributed by atoms with van der Waals surface area (Å²) in [6, 6.07) is 0. The molecule has 0 spiro atoms. The van der Waals surface area contributed by atoms with Crippen LogP contribution in [0.5, 0.6) is 0 Å².